The molecule has 1 saturated heterocycles. The van der Waals surface area contributed by atoms with Crippen molar-refractivity contribution < 1.29 is 14.6 Å². The van der Waals surface area contributed by atoms with Crippen LogP contribution in [0.25, 0.3) is 0 Å². The molecule has 1 aromatic carbocycles. The van der Waals surface area contributed by atoms with Crippen molar-refractivity contribution in [1.82, 2.24) is 15.5 Å². The molecule has 3 heterocycles. The molecule has 0 aliphatic carbocycles. The highest BCUT2D eigenvalue weighted by molar-refractivity contribution is 6.40. The van der Waals surface area contributed by atoms with Crippen LogP contribution in [0.5, 0.6) is 0 Å². The molecule has 0 bridgehead atoms. The smallest absolute Gasteiger partial charge is 0.265 e. The first kappa shape index (κ1) is 22.1. The predicted octanol–water partition coefficient (Wildman–Crippen LogP) is 0.835. The summed E-state index contributed by atoms with van der Waals surface area (Å²) in [6.07, 6.45) is 2.14. The van der Waals surface area contributed by atoms with E-state index in [9.17, 15) is 9.90 Å². The number of aliphatic hydroxyl groups excluding tert-OH is 1. The molecule has 3 aliphatic heterocycles. The van der Waals surface area contributed by atoms with Crippen LogP contribution in [0.2, 0.25) is 0 Å². The second-order valence-corrected chi connectivity index (χ2v) is 9.43. The number of carbonyl (C=O) groups excluding carboxylic acids is 1. The molecule has 4 rings (SSSR count). The lowest BCUT2D eigenvalue weighted by Gasteiger charge is -2.44. The number of aliphatic imine (C=N–C) groups is 2. The minimum absolute atomic E-state index is 0.164. The number of fused-ring (bicyclic) bond motifs is 1. The van der Waals surface area contributed by atoms with E-state index in [0.717, 1.165) is 13.0 Å². The van der Waals surface area contributed by atoms with E-state index >= 15 is 0 Å². The number of nitrogens with zero attached hydrogens (tertiary/aromatic N) is 3. The summed E-state index contributed by atoms with van der Waals surface area (Å²) in [5, 5.41) is 16.9. The van der Waals surface area contributed by atoms with E-state index in [4.69, 9.17) is 4.74 Å². The van der Waals surface area contributed by atoms with Gasteiger partial charge in [0.05, 0.1) is 25.4 Å². The molecule has 1 unspecified atom stereocenters. The van der Waals surface area contributed by atoms with E-state index in [1.54, 1.807) is 0 Å². The molecule has 3 N–H and O–H groups in total. The number of rotatable bonds is 7. The maximum Gasteiger partial charge on any atom is 0.265 e. The highest BCUT2D eigenvalue weighted by Crippen LogP contribution is 2.34. The molecule has 8 nitrogen and oxygen atoms in total. The molecule has 3 aliphatic rings. The Kier molecular flexibility index (Phi) is 6.25. The zero-order chi connectivity index (χ0) is 22.1. The lowest BCUT2D eigenvalue weighted by Crippen LogP contribution is -2.57. The van der Waals surface area contributed by atoms with Gasteiger partial charge in [0.15, 0.2) is 0 Å². The standard InChI is InChI=1S/C23H33N5O3/c1-22(2)19-7-5-4-6-16(19)8-9-28(22)12-18(29)11-24-21(30)20-10-23(3,26-15-25-20)27-17-13-31-14-17/h4-7,15,17-18,27,29H,8-14H2,1-3H3,(H,24,30)/t18-,23?/m0/s1. The molecule has 1 fully saturated rings. The van der Waals surface area contributed by atoms with Crippen LogP contribution >= 0.6 is 0 Å². The van der Waals surface area contributed by atoms with Crippen LogP contribution in [0.1, 0.15) is 38.3 Å². The van der Waals surface area contributed by atoms with Gasteiger partial charge in [0.1, 0.15) is 17.7 Å². The van der Waals surface area contributed by atoms with E-state index in [0.29, 0.717) is 31.9 Å². The van der Waals surface area contributed by atoms with E-state index in [2.05, 4.69) is 63.6 Å². The van der Waals surface area contributed by atoms with Crippen LogP contribution in [-0.2, 0) is 21.5 Å². The van der Waals surface area contributed by atoms with Gasteiger partial charge < -0.3 is 15.2 Å². The monoisotopic (exact) mass is 427 g/mol. The van der Waals surface area contributed by atoms with Crippen molar-refractivity contribution in [3.8, 4) is 0 Å². The van der Waals surface area contributed by atoms with Gasteiger partial charge in [0.2, 0.25) is 0 Å². The summed E-state index contributed by atoms with van der Waals surface area (Å²) in [7, 11) is 0. The second-order valence-electron chi connectivity index (χ2n) is 9.43. The lowest BCUT2D eigenvalue weighted by atomic mass is 9.83. The van der Waals surface area contributed by atoms with Crippen molar-refractivity contribution in [2.24, 2.45) is 9.98 Å². The Morgan fingerprint density at radius 2 is 2.10 bits per heavy atom. The van der Waals surface area contributed by atoms with Crippen molar-refractivity contribution in [2.45, 2.75) is 57.0 Å². The number of aliphatic hydroxyl groups is 1. The molecular weight excluding hydrogens is 394 g/mol. The third kappa shape index (κ3) is 4.87. The first-order valence-corrected chi connectivity index (χ1v) is 11.0. The highest BCUT2D eigenvalue weighted by Gasteiger charge is 2.36. The first-order chi connectivity index (χ1) is 14.8. The van der Waals surface area contributed by atoms with Gasteiger partial charge in [-0.3, -0.25) is 20.0 Å². The third-order valence-corrected chi connectivity index (χ3v) is 6.53. The summed E-state index contributed by atoms with van der Waals surface area (Å²) in [6, 6.07) is 8.74. The average Bonchev–Trinajstić information content (AvgIpc) is 2.71. The fourth-order valence-electron chi connectivity index (χ4n) is 4.62. The van der Waals surface area contributed by atoms with Crippen LogP contribution in [0, 0.1) is 0 Å². The molecule has 168 valence electrons. The van der Waals surface area contributed by atoms with Gasteiger partial charge in [-0.1, -0.05) is 24.3 Å². The summed E-state index contributed by atoms with van der Waals surface area (Å²) in [5.74, 6) is -0.258. The van der Waals surface area contributed by atoms with Gasteiger partial charge in [0, 0.05) is 31.6 Å². The number of ether oxygens (including phenoxy) is 1. The Hall–Kier alpha value is -2.13. The zero-order valence-electron chi connectivity index (χ0n) is 18.6. The van der Waals surface area contributed by atoms with E-state index in [1.807, 2.05) is 6.92 Å². The molecule has 0 saturated carbocycles. The normalized spacial score (nSPS) is 26.5. The summed E-state index contributed by atoms with van der Waals surface area (Å²) >= 11 is 0. The van der Waals surface area contributed by atoms with Crippen LogP contribution in [0.3, 0.4) is 0 Å². The van der Waals surface area contributed by atoms with Gasteiger partial charge >= 0.3 is 0 Å². The number of amides is 1. The zero-order valence-corrected chi connectivity index (χ0v) is 18.6. The molecule has 0 aromatic heterocycles. The minimum atomic E-state index is -0.664. The lowest BCUT2D eigenvalue weighted by molar-refractivity contribution is -0.115. The number of benzene rings is 1. The van der Waals surface area contributed by atoms with Crippen LogP contribution in [-0.4, -0.2) is 78.6 Å². The van der Waals surface area contributed by atoms with Gasteiger partial charge in [-0.15, -0.1) is 0 Å². The van der Waals surface area contributed by atoms with Crippen molar-refractivity contribution in [3.63, 3.8) is 0 Å². The molecular formula is C23H33N5O3. The number of hydrogen-bond acceptors (Lipinski definition) is 7. The number of β-amino-alcohol motifs (C(OH)–C–C–N with tert-alkyl or cyclic N) is 1. The fraction of sp³-hybridized carbons (Fsp3) is 0.609. The number of nitrogens with one attached hydrogen (secondary N) is 2. The maximum atomic E-state index is 12.7. The summed E-state index contributed by atoms with van der Waals surface area (Å²) in [6.45, 7) is 9.21. The minimum Gasteiger partial charge on any atom is -0.390 e. The maximum absolute atomic E-state index is 12.7. The summed E-state index contributed by atoms with van der Waals surface area (Å²) in [5.41, 5.74) is 2.37. The van der Waals surface area contributed by atoms with Crippen LogP contribution < -0.4 is 10.6 Å². The molecule has 31 heavy (non-hydrogen) atoms. The van der Waals surface area contributed by atoms with E-state index < -0.39 is 11.8 Å². The Bertz CT molecular complexity index is 880. The third-order valence-electron chi connectivity index (χ3n) is 6.53. The first-order valence-electron chi connectivity index (χ1n) is 11.0. The van der Waals surface area contributed by atoms with Gasteiger partial charge in [-0.05, 0) is 38.3 Å². The Balaban J connectivity index is 1.29. The highest BCUT2D eigenvalue weighted by atomic mass is 16.5. The topological polar surface area (TPSA) is 98.5 Å². The largest absolute Gasteiger partial charge is 0.390 e. The fourth-order valence-corrected chi connectivity index (χ4v) is 4.62. The molecule has 1 aromatic rings. The van der Waals surface area contributed by atoms with Crippen molar-refractivity contribution >= 4 is 18.0 Å². The SMILES string of the molecule is CC1(NC2COC2)CC(C(=O)NC[C@H](O)CN2CCc3ccccc3C2(C)C)=NC=N1. The van der Waals surface area contributed by atoms with Gasteiger partial charge in [-0.25, -0.2) is 4.99 Å². The van der Waals surface area contributed by atoms with Crippen LogP contribution in [0.4, 0.5) is 0 Å². The molecule has 2 atom stereocenters. The number of hydrogen-bond donors (Lipinski definition) is 3. The number of carbonyl (C=O) groups is 1. The molecule has 0 spiro atoms. The molecule has 0 radical (unpaired) electrons. The summed E-state index contributed by atoms with van der Waals surface area (Å²) < 4.78 is 5.20. The molecule has 8 heteroatoms. The Morgan fingerprint density at radius 3 is 2.84 bits per heavy atom. The van der Waals surface area contributed by atoms with Crippen molar-refractivity contribution in [2.75, 3.05) is 32.8 Å². The quantitative estimate of drug-likeness (QED) is 0.599. The van der Waals surface area contributed by atoms with Crippen LogP contribution in [0.15, 0.2) is 34.3 Å². The van der Waals surface area contributed by atoms with Gasteiger partial charge in [-0.2, -0.15) is 0 Å². The Labute approximate surface area is 183 Å². The van der Waals surface area contributed by atoms with Crippen molar-refractivity contribution in [3.05, 3.63) is 35.4 Å². The van der Waals surface area contributed by atoms with E-state index in [-0.39, 0.29) is 24.0 Å². The second kappa shape index (κ2) is 8.78. The molecule has 1 amide bonds. The predicted molar refractivity (Wildman–Crippen MR) is 120 cm³/mol. The summed E-state index contributed by atoms with van der Waals surface area (Å²) in [4.78, 5) is 23.5. The van der Waals surface area contributed by atoms with E-state index in [1.165, 1.54) is 17.5 Å². The van der Waals surface area contributed by atoms with Gasteiger partial charge in [0.25, 0.3) is 5.91 Å². The average molecular weight is 428 g/mol. The Morgan fingerprint density at radius 1 is 1.32 bits per heavy atom. The van der Waals surface area contributed by atoms with Crippen molar-refractivity contribution in [1.29, 1.82) is 0 Å².